The Morgan fingerprint density at radius 2 is 1.74 bits per heavy atom. The van der Waals surface area contributed by atoms with Crippen LogP contribution in [0.4, 0.5) is 0 Å². The van der Waals surface area contributed by atoms with Crippen molar-refractivity contribution < 1.29 is 13.5 Å². The lowest BCUT2D eigenvalue weighted by Gasteiger charge is -2.21. The Labute approximate surface area is 116 Å². The van der Waals surface area contributed by atoms with Crippen molar-refractivity contribution in [3.8, 4) is 0 Å². The Balaban J connectivity index is 2.60. The highest BCUT2D eigenvalue weighted by molar-refractivity contribution is 7.92. The highest BCUT2D eigenvalue weighted by Crippen LogP contribution is 2.20. The van der Waals surface area contributed by atoms with Gasteiger partial charge >= 0.3 is 0 Å². The first kappa shape index (κ1) is 16.2. The first-order chi connectivity index (χ1) is 8.76. The summed E-state index contributed by atoms with van der Waals surface area (Å²) in [7, 11) is -3.11. The van der Waals surface area contributed by atoms with Crippen LogP contribution < -0.4 is 0 Å². The fourth-order valence-electron chi connectivity index (χ4n) is 1.83. The molecule has 1 aromatic carbocycles. The molecule has 0 aliphatic rings. The minimum atomic E-state index is -3.11. The standard InChI is InChI=1S/C15H24O3S/c1-15(2,3)19(17,18)10-9-14(12-16)11-13-7-5-4-6-8-13/h4-8,14,16H,9-12H2,1-3H3. The molecule has 1 atom stereocenters. The van der Waals surface area contributed by atoms with Crippen LogP contribution in [-0.4, -0.2) is 30.6 Å². The maximum atomic E-state index is 12.0. The number of hydrogen-bond acceptors (Lipinski definition) is 3. The molecule has 4 heteroatoms. The smallest absolute Gasteiger partial charge is 0.155 e. The molecule has 1 rings (SSSR count). The maximum absolute atomic E-state index is 12.0. The van der Waals surface area contributed by atoms with E-state index in [9.17, 15) is 13.5 Å². The predicted octanol–water partition coefficient (Wildman–Crippen LogP) is 2.44. The van der Waals surface area contributed by atoms with E-state index in [0.29, 0.717) is 6.42 Å². The Hall–Kier alpha value is -0.870. The zero-order chi connectivity index (χ0) is 14.5. The van der Waals surface area contributed by atoms with Gasteiger partial charge in [0.25, 0.3) is 0 Å². The topological polar surface area (TPSA) is 54.4 Å². The van der Waals surface area contributed by atoms with Gasteiger partial charge in [0.1, 0.15) is 0 Å². The largest absolute Gasteiger partial charge is 0.396 e. The summed E-state index contributed by atoms with van der Waals surface area (Å²) in [5, 5.41) is 9.39. The third-order valence-electron chi connectivity index (χ3n) is 3.35. The molecule has 19 heavy (non-hydrogen) atoms. The molecule has 1 N–H and O–H groups in total. The average Bonchev–Trinajstić information content (AvgIpc) is 2.34. The van der Waals surface area contributed by atoms with Gasteiger partial charge in [-0.25, -0.2) is 8.42 Å². The second kappa shape index (κ2) is 6.53. The Bertz CT molecular complexity index is 472. The van der Waals surface area contributed by atoms with Crippen molar-refractivity contribution in [3.63, 3.8) is 0 Å². The van der Waals surface area contributed by atoms with Crippen LogP contribution in [0.25, 0.3) is 0 Å². The summed E-state index contributed by atoms with van der Waals surface area (Å²) in [5.41, 5.74) is 1.13. The summed E-state index contributed by atoms with van der Waals surface area (Å²) in [6.45, 7) is 5.17. The van der Waals surface area contributed by atoms with Gasteiger partial charge in [-0.15, -0.1) is 0 Å². The first-order valence-electron chi connectivity index (χ1n) is 6.63. The third kappa shape index (κ3) is 4.96. The zero-order valence-corrected chi connectivity index (χ0v) is 12.8. The van der Waals surface area contributed by atoms with Gasteiger partial charge < -0.3 is 5.11 Å². The van der Waals surface area contributed by atoms with Crippen LogP contribution in [0, 0.1) is 5.92 Å². The maximum Gasteiger partial charge on any atom is 0.155 e. The molecule has 0 heterocycles. The minimum absolute atomic E-state index is 0.000440. The van der Waals surface area contributed by atoms with Gasteiger partial charge in [-0.05, 0) is 45.1 Å². The minimum Gasteiger partial charge on any atom is -0.396 e. The number of sulfone groups is 1. The van der Waals surface area contributed by atoms with Crippen LogP contribution in [0.5, 0.6) is 0 Å². The van der Waals surface area contributed by atoms with Crippen molar-refractivity contribution in [1.29, 1.82) is 0 Å². The van der Waals surface area contributed by atoms with E-state index in [1.807, 2.05) is 30.3 Å². The van der Waals surface area contributed by atoms with Crippen molar-refractivity contribution in [2.24, 2.45) is 5.92 Å². The molecule has 0 spiro atoms. The molecular weight excluding hydrogens is 260 g/mol. The lowest BCUT2D eigenvalue weighted by Crippen LogP contribution is -2.31. The van der Waals surface area contributed by atoms with Crippen LogP contribution in [0.1, 0.15) is 32.8 Å². The third-order valence-corrected chi connectivity index (χ3v) is 5.99. The SMILES string of the molecule is CC(C)(C)S(=O)(=O)CCC(CO)Cc1ccccc1. The first-order valence-corrected chi connectivity index (χ1v) is 8.28. The molecule has 108 valence electrons. The van der Waals surface area contributed by atoms with E-state index >= 15 is 0 Å². The Morgan fingerprint density at radius 3 is 2.21 bits per heavy atom. The molecule has 1 aromatic rings. The molecule has 0 aliphatic carbocycles. The molecular formula is C15H24O3S. The fraction of sp³-hybridized carbons (Fsp3) is 0.600. The van der Waals surface area contributed by atoms with Gasteiger partial charge in [-0.2, -0.15) is 0 Å². The monoisotopic (exact) mass is 284 g/mol. The molecule has 0 amide bonds. The van der Waals surface area contributed by atoms with E-state index in [1.165, 1.54) is 0 Å². The molecule has 0 radical (unpaired) electrons. The molecule has 0 fully saturated rings. The van der Waals surface area contributed by atoms with Crippen LogP contribution in [-0.2, 0) is 16.3 Å². The Kier molecular flexibility index (Phi) is 5.56. The van der Waals surface area contributed by atoms with Gasteiger partial charge in [-0.3, -0.25) is 0 Å². The number of rotatable bonds is 6. The number of aliphatic hydroxyl groups excluding tert-OH is 1. The van der Waals surface area contributed by atoms with Crippen molar-refractivity contribution in [2.45, 2.75) is 38.4 Å². The van der Waals surface area contributed by atoms with Gasteiger partial charge in [0.05, 0.1) is 10.5 Å². The Morgan fingerprint density at radius 1 is 1.16 bits per heavy atom. The van der Waals surface area contributed by atoms with E-state index < -0.39 is 14.6 Å². The highest BCUT2D eigenvalue weighted by atomic mass is 32.2. The van der Waals surface area contributed by atoms with Gasteiger partial charge in [0.2, 0.25) is 0 Å². The lowest BCUT2D eigenvalue weighted by atomic mass is 9.98. The predicted molar refractivity (Wildman–Crippen MR) is 78.9 cm³/mol. The second-order valence-electron chi connectivity index (χ2n) is 5.96. The van der Waals surface area contributed by atoms with Gasteiger partial charge in [-0.1, -0.05) is 30.3 Å². The van der Waals surface area contributed by atoms with Crippen LogP contribution in [0.3, 0.4) is 0 Å². The number of hydrogen-bond donors (Lipinski definition) is 1. The molecule has 0 bridgehead atoms. The second-order valence-corrected chi connectivity index (χ2v) is 8.82. The molecule has 1 unspecified atom stereocenters. The van der Waals surface area contributed by atoms with E-state index in [4.69, 9.17) is 0 Å². The van der Waals surface area contributed by atoms with E-state index in [0.717, 1.165) is 12.0 Å². The van der Waals surface area contributed by atoms with Crippen LogP contribution in [0.15, 0.2) is 30.3 Å². The quantitative estimate of drug-likeness (QED) is 0.873. The van der Waals surface area contributed by atoms with Crippen molar-refractivity contribution >= 4 is 9.84 Å². The van der Waals surface area contributed by atoms with Crippen LogP contribution >= 0.6 is 0 Å². The summed E-state index contributed by atoms with van der Waals surface area (Å²) >= 11 is 0. The molecule has 0 aromatic heterocycles. The van der Waals surface area contributed by atoms with Crippen LogP contribution in [0.2, 0.25) is 0 Å². The fourth-order valence-corrected chi connectivity index (χ4v) is 3.09. The summed E-state index contributed by atoms with van der Waals surface area (Å²) in [4.78, 5) is 0. The van der Waals surface area contributed by atoms with E-state index in [1.54, 1.807) is 20.8 Å². The van der Waals surface area contributed by atoms with Gasteiger partial charge in [0, 0.05) is 6.61 Å². The normalized spacial score (nSPS) is 14.3. The lowest BCUT2D eigenvalue weighted by molar-refractivity contribution is 0.222. The van der Waals surface area contributed by atoms with Gasteiger partial charge in [0.15, 0.2) is 9.84 Å². The summed E-state index contributed by atoms with van der Waals surface area (Å²) in [5.74, 6) is 0.133. The molecule has 3 nitrogen and oxygen atoms in total. The molecule has 0 saturated heterocycles. The zero-order valence-electron chi connectivity index (χ0n) is 12.0. The van der Waals surface area contributed by atoms with Crippen molar-refractivity contribution in [1.82, 2.24) is 0 Å². The van der Waals surface area contributed by atoms with E-state index in [2.05, 4.69) is 0 Å². The molecule has 0 saturated carbocycles. The number of benzene rings is 1. The average molecular weight is 284 g/mol. The summed E-state index contributed by atoms with van der Waals surface area (Å²) < 4.78 is 23.4. The summed E-state index contributed by atoms with van der Waals surface area (Å²) in [6, 6.07) is 9.86. The number of aliphatic hydroxyl groups is 1. The summed E-state index contributed by atoms with van der Waals surface area (Å²) in [6.07, 6.45) is 1.22. The highest BCUT2D eigenvalue weighted by Gasteiger charge is 2.29. The van der Waals surface area contributed by atoms with Crippen molar-refractivity contribution in [3.05, 3.63) is 35.9 Å². The molecule has 0 aliphatic heterocycles. The van der Waals surface area contributed by atoms with Crippen molar-refractivity contribution in [2.75, 3.05) is 12.4 Å². The van der Waals surface area contributed by atoms with E-state index in [-0.39, 0.29) is 18.3 Å².